The monoisotopic (exact) mass is 327 g/mol. The van der Waals surface area contributed by atoms with Gasteiger partial charge in [0.15, 0.2) is 0 Å². The molecule has 0 spiro atoms. The number of carboxylic acid groups (broad SMARTS) is 1. The summed E-state index contributed by atoms with van der Waals surface area (Å²) in [6.45, 7) is 7.52. The van der Waals surface area contributed by atoms with Gasteiger partial charge in [-0.25, -0.2) is 4.79 Å². The van der Waals surface area contributed by atoms with Gasteiger partial charge in [0.05, 0.1) is 11.3 Å². The number of carbonyl (C=O) groups is 2. The molecule has 0 heterocycles. The number of carbonyl (C=O) groups excluding carboxylic acids is 1. The number of para-hydroxylation sites is 2. The lowest BCUT2D eigenvalue weighted by Gasteiger charge is -2.23. The zero-order valence-electron chi connectivity index (χ0n) is 14.2. The molecule has 0 saturated carbocycles. The van der Waals surface area contributed by atoms with Crippen LogP contribution in [0, 0.1) is 6.92 Å². The molecule has 5 heteroatoms. The van der Waals surface area contributed by atoms with Gasteiger partial charge in [0.2, 0.25) is 0 Å². The molecule has 1 amide bonds. The standard InChI is InChI=1S/C19H21NO4/c1-12-9-13(11-14(10-12)18(22)23)17(21)20-15-7-5-6-8-16(15)24-19(2,3)4/h5-11H,1-4H3,(H,20,21)(H,22,23). The van der Waals surface area contributed by atoms with Crippen molar-refractivity contribution in [1.29, 1.82) is 0 Å². The Hall–Kier alpha value is -2.82. The lowest BCUT2D eigenvalue weighted by Crippen LogP contribution is -2.24. The van der Waals surface area contributed by atoms with Crippen LogP contribution in [0.5, 0.6) is 5.75 Å². The highest BCUT2D eigenvalue weighted by Gasteiger charge is 2.17. The maximum atomic E-state index is 12.5. The average Bonchev–Trinajstić information content (AvgIpc) is 2.47. The van der Waals surface area contributed by atoms with Crippen LogP contribution in [0.2, 0.25) is 0 Å². The number of aromatic carboxylic acids is 1. The molecular formula is C19H21NO4. The number of carboxylic acids is 1. The van der Waals surface area contributed by atoms with Gasteiger partial charge in [-0.2, -0.15) is 0 Å². The Balaban J connectivity index is 2.29. The number of hydrogen-bond donors (Lipinski definition) is 2. The van der Waals surface area contributed by atoms with Gasteiger partial charge in [0, 0.05) is 5.56 Å². The quantitative estimate of drug-likeness (QED) is 0.885. The first-order valence-electron chi connectivity index (χ1n) is 7.60. The molecule has 2 N–H and O–H groups in total. The van der Waals surface area contributed by atoms with Crippen molar-refractivity contribution in [2.24, 2.45) is 0 Å². The van der Waals surface area contributed by atoms with E-state index >= 15 is 0 Å². The minimum Gasteiger partial charge on any atom is -0.486 e. The van der Waals surface area contributed by atoms with Gasteiger partial charge in [-0.15, -0.1) is 0 Å². The van der Waals surface area contributed by atoms with Crippen LogP contribution in [-0.4, -0.2) is 22.6 Å². The molecule has 2 aromatic carbocycles. The summed E-state index contributed by atoms with van der Waals surface area (Å²) < 4.78 is 5.85. The summed E-state index contributed by atoms with van der Waals surface area (Å²) in [4.78, 5) is 23.6. The van der Waals surface area contributed by atoms with E-state index in [1.165, 1.54) is 12.1 Å². The fourth-order valence-corrected chi connectivity index (χ4v) is 2.22. The zero-order chi connectivity index (χ0) is 17.9. The molecule has 0 atom stereocenters. The molecule has 24 heavy (non-hydrogen) atoms. The minimum absolute atomic E-state index is 0.0828. The number of hydrogen-bond acceptors (Lipinski definition) is 3. The second-order valence-electron chi connectivity index (χ2n) is 6.56. The van der Waals surface area contributed by atoms with Crippen LogP contribution in [0.25, 0.3) is 0 Å². The van der Waals surface area contributed by atoms with Gasteiger partial charge in [0.1, 0.15) is 11.4 Å². The van der Waals surface area contributed by atoms with E-state index in [2.05, 4.69) is 5.32 Å². The highest BCUT2D eigenvalue weighted by atomic mass is 16.5. The van der Waals surface area contributed by atoms with Crippen molar-refractivity contribution in [2.45, 2.75) is 33.3 Å². The Labute approximate surface area is 141 Å². The number of aryl methyl sites for hydroxylation is 1. The molecule has 0 aliphatic rings. The first-order chi connectivity index (χ1) is 11.2. The topological polar surface area (TPSA) is 75.6 Å². The normalized spacial score (nSPS) is 11.0. The zero-order valence-corrected chi connectivity index (χ0v) is 14.2. The van der Waals surface area contributed by atoms with E-state index in [-0.39, 0.29) is 17.0 Å². The van der Waals surface area contributed by atoms with Crippen molar-refractivity contribution < 1.29 is 19.4 Å². The summed E-state index contributed by atoms with van der Waals surface area (Å²) in [5.74, 6) is -0.889. The third-order valence-corrected chi connectivity index (χ3v) is 3.14. The van der Waals surface area contributed by atoms with Crippen molar-refractivity contribution >= 4 is 17.6 Å². The van der Waals surface area contributed by atoms with Crippen LogP contribution in [-0.2, 0) is 0 Å². The van der Waals surface area contributed by atoms with E-state index in [1.54, 1.807) is 31.2 Å². The molecular weight excluding hydrogens is 306 g/mol. The molecule has 0 radical (unpaired) electrons. The second kappa shape index (κ2) is 6.74. The maximum Gasteiger partial charge on any atom is 0.335 e. The van der Waals surface area contributed by atoms with E-state index in [4.69, 9.17) is 9.84 Å². The van der Waals surface area contributed by atoms with E-state index < -0.39 is 11.6 Å². The first-order valence-corrected chi connectivity index (χ1v) is 7.60. The summed E-state index contributed by atoms with van der Waals surface area (Å²) in [5.41, 5.74) is 1.22. The number of anilines is 1. The lowest BCUT2D eigenvalue weighted by atomic mass is 10.1. The third-order valence-electron chi connectivity index (χ3n) is 3.14. The maximum absolute atomic E-state index is 12.5. The molecule has 0 saturated heterocycles. The van der Waals surface area contributed by atoms with E-state index in [0.29, 0.717) is 17.0 Å². The summed E-state index contributed by atoms with van der Waals surface area (Å²) in [7, 11) is 0. The summed E-state index contributed by atoms with van der Waals surface area (Å²) in [6, 6.07) is 11.7. The highest BCUT2D eigenvalue weighted by Crippen LogP contribution is 2.28. The van der Waals surface area contributed by atoms with Crippen LogP contribution < -0.4 is 10.1 Å². The molecule has 126 valence electrons. The number of amides is 1. The van der Waals surface area contributed by atoms with Gasteiger partial charge in [-0.05, 0) is 63.6 Å². The number of rotatable bonds is 4. The highest BCUT2D eigenvalue weighted by molar-refractivity contribution is 6.06. The molecule has 0 aromatic heterocycles. The van der Waals surface area contributed by atoms with Crippen molar-refractivity contribution in [3.8, 4) is 5.75 Å². The van der Waals surface area contributed by atoms with Crippen LogP contribution in [0.15, 0.2) is 42.5 Å². The molecule has 0 fully saturated rings. The first kappa shape index (κ1) is 17.5. The van der Waals surface area contributed by atoms with Crippen LogP contribution in [0.4, 0.5) is 5.69 Å². The number of benzene rings is 2. The van der Waals surface area contributed by atoms with Gasteiger partial charge in [0.25, 0.3) is 5.91 Å². The molecule has 2 rings (SSSR count). The van der Waals surface area contributed by atoms with Crippen molar-refractivity contribution in [3.05, 3.63) is 59.2 Å². The summed E-state index contributed by atoms with van der Waals surface area (Å²) in [6.07, 6.45) is 0. The molecule has 2 aromatic rings. The molecule has 0 bridgehead atoms. The SMILES string of the molecule is Cc1cc(C(=O)O)cc(C(=O)Nc2ccccc2OC(C)(C)C)c1. The predicted octanol–water partition coefficient (Wildman–Crippen LogP) is 4.12. The van der Waals surface area contributed by atoms with Crippen molar-refractivity contribution in [3.63, 3.8) is 0 Å². The van der Waals surface area contributed by atoms with E-state index in [9.17, 15) is 9.59 Å². The van der Waals surface area contributed by atoms with E-state index in [0.717, 1.165) is 0 Å². The minimum atomic E-state index is -1.07. The fourth-order valence-electron chi connectivity index (χ4n) is 2.22. The van der Waals surface area contributed by atoms with E-state index in [1.807, 2.05) is 26.8 Å². The van der Waals surface area contributed by atoms with Gasteiger partial charge >= 0.3 is 5.97 Å². The molecule has 0 unspecified atom stereocenters. The molecule has 0 aliphatic carbocycles. The third kappa shape index (κ3) is 4.59. The fraction of sp³-hybridized carbons (Fsp3) is 0.263. The summed E-state index contributed by atoms with van der Waals surface area (Å²) >= 11 is 0. The number of nitrogens with one attached hydrogen (secondary N) is 1. The average molecular weight is 327 g/mol. The Bertz CT molecular complexity index is 775. The lowest BCUT2D eigenvalue weighted by molar-refractivity contribution is 0.0696. The molecule has 5 nitrogen and oxygen atoms in total. The van der Waals surface area contributed by atoms with Crippen LogP contribution >= 0.6 is 0 Å². The van der Waals surface area contributed by atoms with Crippen LogP contribution in [0.3, 0.4) is 0 Å². The van der Waals surface area contributed by atoms with Gasteiger partial charge in [-0.1, -0.05) is 12.1 Å². The second-order valence-corrected chi connectivity index (χ2v) is 6.56. The largest absolute Gasteiger partial charge is 0.486 e. The van der Waals surface area contributed by atoms with Gasteiger partial charge in [-0.3, -0.25) is 4.79 Å². The Morgan fingerprint density at radius 2 is 1.67 bits per heavy atom. The van der Waals surface area contributed by atoms with Gasteiger partial charge < -0.3 is 15.2 Å². The smallest absolute Gasteiger partial charge is 0.335 e. The Kier molecular flexibility index (Phi) is 4.93. The van der Waals surface area contributed by atoms with Crippen molar-refractivity contribution in [1.82, 2.24) is 0 Å². The number of ether oxygens (including phenoxy) is 1. The Morgan fingerprint density at radius 3 is 2.29 bits per heavy atom. The summed E-state index contributed by atoms with van der Waals surface area (Å²) in [5, 5.41) is 11.9. The molecule has 0 aliphatic heterocycles. The predicted molar refractivity (Wildman–Crippen MR) is 92.9 cm³/mol. The van der Waals surface area contributed by atoms with Crippen molar-refractivity contribution in [2.75, 3.05) is 5.32 Å². The Morgan fingerprint density at radius 1 is 1.04 bits per heavy atom. The van der Waals surface area contributed by atoms with Crippen LogP contribution in [0.1, 0.15) is 47.1 Å².